The second-order valence-electron chi connectivity index (χ2n) is 7.29. The minimum Gasteiger partial charge on any atom is -0.294 e. The Labute approximate surface area is 160 Å². The van der Waals surface area contributed by atoms with E-state index in [0.29, 0.717) is 17.9 Å². The average molecular weight is 360 g/mol. The van der Waals surface area contributed by atoms with Gasteiger partial charge in [0.1, 0.15) is 5.82 Å². The number of halogens is 1. The largest absolute Gasteiger partial charge is 0.294 e. The van der Waals surface area contributed by atoms with Crippen LogP contribution in [-0.2, 0) is 0 Å². The Morgan fingerprint density at radius 3 is 2.44 bits per heavy atom. The Hall–Kier alpha value is -2.74. The smallest absolute Gasteiger partial charge is 0.167 e. The maximum absolute atomic E-state index is 13.4. The normalized spacial score (nSPS) is 17.5. The molecule has 0 amide bonds. The van der Waals surface area contributed by atoms with E-state index in [-0.39, 0.29) is 11.6 Å². The first-order valence-electron chi connectivity index (χ1n) is 9.47. The lowest BCUT2D eigenvalue weighted by molar-refractivity contribution is 0.0991. The minimum atomic E-state index is -0.373. The van der Waals surface area contributed by atoms with E-state index in [1.807, 2.05) is 18.2 Å². The van der Waals surface area contributed by atoms with E-state index < -0.39 is 0 Å². The summed E-state index contributed by atoms with van der Waals surface area (Å²) in [5.41, 5.74) is 5.33. The molecule has 2 aromatic rings. The fourth-order valence-corrected chi connectivity index (χ4v) is 3.27. The molecular formula is C25H25FO. The van der Waals surface area contributed by atoms with Crippen LogP contribution in [0.1, 0.15) is 60.5 Å². The van der Waals surface area contributed by atoms with E-state index in [0.717, 1.165) is 18.4 Å². The first kappa shape index (κ1) is 19.0. The summed E-state index contributed by atoms with van der Waals surface area (Å²) in [6.45, 7) is 4.39. The van der Waals surface area contributed by atoms with E-state index >= 15 is 0 Å². The number of ketones is 1. The second-order valence-corrected chi connectivity index (χ2v) is 7.29. The SMILES string of the molecule is CC(C)c1ccc(C2=C/C=C/C=C(/CC(=O)c3cccc(F)c3)CC2)cc1. The molecule has 0 N–H and O–H groups in total. The lowest BCUT2D eigenvalue weighted by Crippen LogP contribution is -2.02. The highest BCUT2D eigenvalue weighted by Gasteiger charge is 2.12. The number of carbonyl (C=O) groups is 1. The molecule has 138 valence electrons. The molecular weight excluding hydrogens is 335 g/mol. The molecule has 0 aromatic heterocycles. The molecule has 1 aliphatic carbocycles. The predicted molar refractivity (Wildman–Crippen MR) is 110 cm³/mol. The topological polar surface area (TPSA) is 17.1 Å². The third kappa shape index (κ3) is 5.13. The predicted octanol–water partition coefficient (Wildman–Crippen LogP) is 6.88. The highest BCUT2D eigenvalue weighted by molar-refractivity contribution is 5.97. The zero-order valence-electron chi connectivity index (χ0n) is 15.9. The van der Waals surface area contributed by atoms with E-state index in [2.05, 4.69) is 44.2 Å². The van der Waals surface area contributed by atoms with Gasteiger partial charge in [0.25, 0.3) is 0 Å². The van der Waals surface area contributed by atoms with Crippen molar-refractivity contribution in [1.82, 2.24) is 0 Å². The number of allylic oxidation sites excluding steroid dienone is 6. The zero-order chi connectivity index (χ0) is 19.2. The lowest BCUT2D eigenvalue weighted by Gasteiger charge is -2.13. The summed E-state index contributed by atoms with van der Waals surface area (Å²) in [5.74, 6) is 0.109. The third-order valence-corrected chi connectivity index (χ3v) is 4.94. The number of hydrogen-bond donors (Lipinski definition) is 0. The van der Waals surface area contributed by atoms with Crippen molar-refractivity contribution >= 4 is 11.4 Å². The molecule has 0 fully saturated rings. The van der Waals surface area contributed by atoms with Crippen molar-refractivity contribution in [2.24, 2.45) is 0 Å². The number of rotatable bonds is 5. The maximum Gasteiger partial charge on any atom is 0.167 e. The van der Waals surface area contributed by atoms with Crippen molar-refractivity contribution < 1.29 is 9.18 Å². The Kier molecular flexibility index (Phi) is 6.18. The van der Waals surface area contributed by atoms with Crippen molar-refractivity contribution in [3.63, 3.8) is 0 Å². The Bertz CT molecular complexity index is 898. The van der Waals surface area contributed by atoms with Crippen LogP contribution in [0.25, 0.3) is 5.57 Å². The van der Waals surface area contributed by atoms with Gasteiger partial charge >= 0.3 is 0 Å². The molecule has 0 aliphatic heterocycles. The molecule has 0 spiro atoms. The van der Waals surface area contributed by atoms with E-state index in [1.165, 1.54) is 28.8 Å². The molecule has 0 saturated carbocycles. The molecule has 2 heteroatoms. The number of benzene rings is 2. The van der Waals surface area contributed by atoms with Gasteiger partial charge in [0, 0.05) is 12.0 Å². The van der Waals surface area contributed by atoms with Gasteiger partial charge in [-0.1, -0.05) is 80.1 Å². The monoisotopic (exact) mass is 360 g/mol. The highest BCUT2D eigenvalue weighted by atomic mass is 19.1. The Morgan fingerprint density at radius 1 is 1.00 bits per heavy atom. The third-order valence-electron chi connectivity index (χ3n) is 4.94. The summed E-state index contributed by atoms with van der Waals surface area (Å²) in [7, 11) is 0. The first-order valence-corrected chi connectivity index (χ1v) is 9.47. The summed E-state index contributed by atoms with van der Waals surface area (Å²) >= 11 is 0. The van der Waals surface area contributed by atoms with Crippen LogP contribution in [0, 0.1) is 5.82 Å². The van der Waals surface area contributed by atoms with Crippen LogP contribution in [0.2, 0.25) is 0 Å². The van der Waals surface area contributed by atoms with Crippen LogP contribution in [-0.4, -0.2) is 5.78 Å². The van der Waals surface area contributed by atoms with Crippen LogP contribution in [0.5, 0.6) is 0 Å². The van der Waals surface area contributed by atoms with E-state index in [9.17, 15) is 9.18 Å². The lowest BCUT2D eigenvalue weighted by atomic mass is 9.92. The highest BCUT2D eigenvalue weighted by Crippen LogP contribution is 2.27. The van der Waals surface area contributed by atoms with Gasteiger partial charge < -0.3 is 0 Å². The van der Waals surface area contributed by atoms with Crippen molar-refractivity contribution in [1.29, 1.82) is 0 Å². The van der Waals surface area contributed by atoms with Crippen LogP contribution >= 0.6 is 0 Å². The minimum absolute atomic E-state index is 0.0402. The van der Waals surface area contributed by atoms with Gasteiger partial charge in [0.15, 0.2) is 5.78 Å². The van der Waals surface area contributed by atoms with Gasteiger partial charge in [0.2, 0.25) is 0 Å². The van der Waals surface area contributed by atoms with Gasteiger partial charge in [-0.2, -0.15) is 0 Å². The van der Waals surface area contributed by atoms with Crippen LogP contribution < -0.4 is 0 Å². The molecule has 0 saturated heterocycles. The summed E-state index contributed by atoms with van der Waals surface area (Å²) in [5, 5.41) is 0. The van der Waals surface area contributed by atoms with Crippen molar-refractivity contribution in [3.8, 4) is 0 Å². The molecule has 1 nitrogen and oxygen atoms in total. The van der Waals surface area contributed by atoms with E-state index in [4.69, 9.17) is 0 Å². The molecule has 0 radical (unpaired) electrons. The van der Waals surface area contributed by atoms with Gasteiger partial charge in [-0.25, -0.2) is 4.39 Å². The van der Waals surface area contributed by atoms with E-state index in [1.54, 1.807) is 12.1 Å². The fraction of sp³-hybridized carbons (Fsp3) is 0.240. The van der Waals surface area contributed by atoms with Crippen molar-refractivity contribution in [3.05, 3.63) is 101 Å². The number of Topliss-reactive ketones (excluding diaryl/α,β-unsaturated/α-hetero) is 1. The Balaban J connectivity index is 1.68. The van der Waals surface area contributed by atoms with Crippen LogP contribution in [0.15, 0.2) is 78.4 Å². The van der Waals surface area contributed by atoms with Crippen molar-refractivity contribution in [2.75, 3.05) is 0 Å². The van der Waals surface area contributed by atoms with Gasteiger partial charge in [-0.15, -0.1) is 0 Å². The molecule has 1 aliphatic rings. The zero-order valence-corrected chi connectivity index (χ0v) is 15.9. The summed E-state index contributed by atoms with van der Waals surface area (Å²) in [6.07, 6.45) is 10.2. The summed E-state index contributed by atoms with van der Waals surface area (Å²) < 4.78 is 13.4. The number of carbonyl (C=O) groups excluding carboxylic acids is 1. The average Bonchev–Trinajstić information content (AvgIpc) is 2.64. The first-order chi connectivity index (χ1) is 13.0. The summed E-state index contributed by atoms with van der Waals surface area (Å²) in [6, 6.07) is 14.7. The standard InChI is InChI=1S/C25H25FO/c1-18(2)20-12-14-22(15-13-20)21-7-4-3-6-19(10-11-21)16-25(27)23-8-5-9-24(26)17-23/h3-9,12-15,17-18H,10-11,16H2,1-2H3/b4-3+,19-6+,21-7?. The quantitative estimate of drug-likeness (QED) is 0.531. The maximum atomic E-state index is 13.4. The molecule has 0 bridgehead atoms. The fourth-order valence-electron chi connectivity index (χ4n) is 3.27. The molecule has 0 atom stereocenters. The van der Waals surface area contributed by atoms with Crippen LogP contribution in [0.4, 0.5) is 4.39 Å². The van der Waals surface area contributed by atoms with Crippen molar-refractivity contribution in [2.45, 2.75) is 39.0 Å². The molecule has 27 heavy (non-hydrogen) atoms. The van der Waals surface area contributed by atoms with Gasteiger partial charge in [-0.3, -0.25) is 4.79 Å². The Morgan fingerprint density at radius 2 is 1.74 bits per heavy atom. The molecule has 0 unspecified atom stereocenters. The molecule has 0 heterocycles. The second kappa shape index (κ2) is 8.77. The van der Waals surface area contributed by atoms with Gasteiger partial charge in [-0.05, 0) is 47.6 Å². The number of hydrogen-bond acceptors (Lipinski definition) is 1. The molecule has 3 rings (SSSR count). The summed E-state index contributed by atoms with van der Waals surface area (Å²) in [4.78, 5) is 12.5. The van der Waals surface area contributed by atoms with Gasteiger partial charge in [0.05, 0.1) is 0 Å². The van der Waals surface area contributed by atoms with Crippen LogP contribution in [0.3, 0.4) is 0 Å². The molecule has 2 aromatic carbocycles.